The van der Waals surface area contributed by atoms with Crippen LogP contribution in [-0.4, -0.2) is 41.1 Å². The number of hydrogen-bond donors (Lipinski definition) is 5. The Morgan fingerprint density at radius 1 is 1.28 bits per heavy atom. The molecular weight excluding hydrogens is 491 g/mol. The van der Waals surface area contributed by atoms with Crippen LogP contribution in [0, 0.1) is 10.5 Å². The van der Waals surface area contributed by atoms with E-state index in [0.717, 1.165) is 6.92 Å². The SMILES string of the molecule is CC1(F)C[C@@H](OP(=O)(O)OP(=O)(O)OP(=O)(O)O)O[C@H]1n1cc(F)c(=S)[nH]c1=O. The van der Waals surface area contributed by atoms with E-state index in [1.165, 1.54) is 0 Å². The molecule has 2 rings (SSSR count). The van der Waals surface area contributed by atoms with Crippen molar-refractivity contribution in [3.05, 3.63) is 27.1 Å². The van der Waals surface area contributed by atoms with Crippen molar-refractivity contribution < 1.29 is 59.9 Å². The Hall–Kier alpha value is -0.670. The van der Waals surface area contributed by atoms with Gasteiger partial charge in [0.1, 0.15) is 4.64 Å². The first kappa shape index (κ1) is 24.6. The molecule has 1 aromatic rings. The molecule has 0 spiro atoms. The van der Waals surface area contributed by atoms with Gasteiger partial charge in [-0.25, -0.2) is 27.3 Å². The van der Waals surface area contributed by atoms with Crippen LogP contribution in [0.1, 0.15) is 19.6 Å². The minimum absolute atomic E-state index is 0.422. The lowest BCUT2D eigenvalue weighted by molar-refractivity contribution is -0.120. The van der Waals surface area contributed by atoms with E-state index in [-0.39, 0.29) is 0 Å². The summed E-state index contributed by atoms with van der Waals surface area (Å²) in [5, 5.41) is 0. The largest absolute Gasteiger partial charge is 0.490 e. The molecule has 5 N–H and O–H groups in total. The van der Waals surface area contributed by atoms with E-state index in [1.807, 2.05) is 4.98 Å². The molecule has 0 radical (unpaired) electrons. The van der Waals surface area contributed by atoms with Crippen LogP contribution in [0.4, 0.5) is 8.78 Å². The van der Waals surface area contributed by atoms with Crippen molar-refractivity contribution in [3.63, 3.8) is 0 Å². The van der Waals surface area contributed by atoms with E-state index in [2.05, 4.69) is 25.4 Å². The van der Waals surface area contributed by atoms with E-state index in [4.69, 9.17) is 19.4 Å². The Morgan fingerprint density at radius 3 is 2.41 bits per heavy atom. The number of rotatable bonds is 7. The smallest absolute Gasteiger partial charge is 0.325 e. The summed E-state index contributed by atoms with van der Waals surface area (Å²) < 4.78 is 78.2. The molecule has 5 atom stereocenters. The predicted molar refractivity (Wildman–Crippen MR) is 88.8 cm³/mol. The summed E-state index contributed by atoms with van der Waals surface area (Å²) in [6, 6.07) is 0. The second kappa shape index (κ2) is 8.11. The molecule has 1 saturated heterocycles. The van der Waals surface area contributed by atoms with Crippen molar-refractivity contribution in [3.8, 4) is 0 Å². The Balaban J connectivity index is 2.20. The number of H-pyrrole nitrogens is 1. The summed E-state index contributed by atoms with van der Waals surface area (Å²) in [4.78, 5) is 49.2. The van der Waals surface area contributed by atoms with Gasteiger partial charge >= 0.3 is 29.2 Å². The zero-order chi connectivity index (χ0) is 22.4. The van der Waals surface area contributed by atoms with E-state index in [1.54, 1.807) is 0 Å². The standard InChI is InChI=1S/C9H13F2N2O12P3S/c1-9(11)2-5(22-7(9)13-3-4(10)6(29)12-8(13)14)23-27(18,19)25-28(20,21)24-26(15,16)17/h3,5,7H,2H2,1H3,(H,18,19)(H,20,21)(H,12,14,29)(H2,15,16,17)/t5-,7-,9?/m1/s1. The van der Waals surface area contributed by atoms with Crippen LogP contribution < -0.4 is 5.69 Å². The average Bonchev–Trinajstić information content (AvgIpc) is 2.72. The highest BCUT2D eigenvalue weighted by Gasteiger charge is 2.51. The van der Waals surface area contributed by atoms with Crippen LogP contribution >= 0.6 is 35.7 Å². The van der Waals surface area contributed by atoms with Crippen molar-refractivity contribution in [1.29, 1.82) is 0 Å². The van der Waals surface area contributed by atoms with Gasteiger partial charge in [0.15, 0.2) is 24.0 Å². The third kappa shape index (κ3) is 6.66. The van der Waals surface area contributed by atoms with Gasteiger partial charge in [0.05, 0.1) is 6.20 Å². The Kier molecular flexibility index (Phi) is 6.88. The van der Waals surface area contributed by atoms with E-state index in [9.17, 15) is 32.2 Å². The minimum Gasteiger partial charge on any atom is -0.325 e. The third-order valence-corrected chi connectivity index (χ3v) is 7.33. The zero-order valence-corrected chi connectivity index (χ0v) is 17.4. The summed E-state index contributed by atoms with van der Waals surface area (Å²) in [6.45, 7) is 0.879. The molecule has 14 nitrogen and oxygen atoms in total. The van der Waals surface area contributed by atoms with Gasteiger partial charge in [-0.2, -0.15) is 8.62 Å². The summed E-state index contributed by atoms with van der Waals surface area (Å²) >= 11 is 4.51. The number of nitrogens with one attached hydrogen (secondary N) is 1. The summed E-state index contributed by atoms with van der Waals surface area (Å²) in [7, 11) is -17.0. The maximum absolute atomic E-state index is 14.8. The molecule has 0 saturated carbocycles. The van der Waals surface area contributed by atoms with Crippen molar-refractivity contribution in [2.24, 2.45) is 0 Å². The van der Waals surface area contributed by atoms with Gasteiger partial charge in [0, 0.05) is 6.42 Å². The second-order valence-electron chi connectivity index (χ2n) is 5.74. The molecule has 1 aliphatic rings. The van der Waals surface area contributed by atoms with Crippen molar-refractivity contribution in [2.45, 2.75) is 31.5 Å². The van der Waals surface area contributed by atoms with Gasteiger partial charge in [0.2, 0.25) is 0 Å². The minimum atomic E-state index is -5.79. The summed E-state index contributed by atoms with van der Waals surface area (Å²) in [6.07, 6.45) is -4.17. The second-order valence-corrected chi connectivity index (χ2v) is 10.5. The summed E-state index contributed by atoms with van der Waals surface area (Å²) in [5.74, 6) is -1.10. The van der Waals surface area contributed by atoms with E-state index >= 15 is 0 Å². The van der Waals surface area contributed by atoms with Crippen LogP contribution in [-0.2, 0) is 31.6 Å². The van der Waals surface area contributed by atoms with Crippen LogP contribution in [0.3, 0.4) is 0 Å². The highest BCUT2D eigenvalue weighted by molar-refractivity contribution is 7.71. The Bertz CT molecular complexity index is 1050. The number of halogens is 2. The molecule has 0 amide bonds. The van der Waals surface area contributed by atoms with Crippen molar-refractivity contribution in [1.82, 2.24) is 9.55 Å². The molecule has 0 aromatic carbocycles. The predicted octanol–water partition coefficient (Wildman–Crippen LogP) is 1.36. The molecule has 166 valence electrons. The zero-order valence-electron chi connectivity index (χ0n) is 13.9. The first-order valence-electron chi connectivity index (χ1n) is 7.08. The lowest BCUT2D eigenvalue weighted by atomic mass is 10.1. The van der Waals surface area contributed by atoms with Crippen LogP contribution in [0.15, 0.2) is 11.0 Å². The number of alkyl halides is 1. The number of ether oxygens (including phenoxy) is 1. The molecule has 0 aliphatic carbocycles. The van der Waals surface area contributed by atoms with Gasteiger partial charge in [-0.1, -0.05) is 12.2 Å². The fourth-order valence-electron chi connectivity index (χ4n) is 2.26. The highest BCUT2D eigenvalue weighted by Crippen LogP contribution is 2.67. The molecule has 1 aromatic heterocycles. The van der Waals surface area contributed by atoms with Crippen LogP contribution in [0.25, 0.3) is 0 Å². The molecule has 20 heteroatoms. The van der Waals surface area contributed by atoms with Gasteiger partial charge in [-0.15, -0.1) is 0 Å². The number of phosphoric acid groups is 3. The van der Waals surface area contributed by atoms with Crippen LogP contribution in [0.5, 0.6) is 0 Å². The molecule has 1 aliphatic heterocycles. The highest BCUT2D eigenvalue weighted by atomic mass is 32.1. The third-order valence-electron chi connectivity index (χ3n) is 3.21. The van der Waals surface area contributed by atoms with Gasteiger partial charge in [-0.3, -0.25) is 14.1 Å². The maximum atomic E-state index is 14.8. The molecule has 2 heterocycles. The number of hydrogen-bond acceptors (Lipinski definition) is 9. The van der Waals surface area contributed by atoms with Gasteiger partial charge in [-0.05, 0) is 6.92 Å². The average molecular weight is 504 g/mol. The lowest BCUT2D eigenvalue weighted by Gasteiger charge is -2.22. The summed E-state index contributed by atoms with van der Waals surface area (Å²) in [5.41, 5.74) is -3.56. The fourth-order valence-corrected chi connectivity index (χ4v) is 5.48. The number of nitrogens with zero attached hydrogens (tertiary/aromatic N) is 1. The molecule has 29 heavy (non-hydrogen) atoms. The maximum Gasteiger partial charge on any atom is 0.490 e. The van der Waals surface area contributed by atoms with E-state index in [0.29, 0.717) is 10.8 Å². The molecule has 0 bridgehead atoms. The van der Waals surface area contributed by atoms with Crippen molar-refractivity contribution >= 4 is 35.7 Å². The first-order chi connectivity index (χ1) is 12.9. The molecule has 1 fully saturated rings. The monoisotopic (exact) mass is 504 g/mol. The topological polar surface area (TPSA) is 207 Å². The lowest BCUT2D eigenvalue weighted by Crippen LogP contribution is -2.36. The number of phosphoric ester groups is 1. The quantitative estimate of drug-likeness (QED) is 0.263. The molecule has 3 unspecified atom stereocenters. The number of aromatic amines is 1. The van der Waals surface area contributed by atoms with Crippen molar-refractivity contribution in [2.75, 3.05) is 0 Å². The fraction of sp³-hybridized carbons (Fsp3) is 0.556. The van der Waals surface area contributed by atoms with E-state index < -0.39 is 64.2 Å². The Labute approximate surface area is 164 Å². The Morgan fingerprint density at radius 2 is 1.86 bits per heavy atom. The molecular formula is C9H13F2N2O12P3S. The number of aromatic nitrogens is 2. The first-order valence-corrected chi connectivity index (χ1v) is 12.0. The van der Waals surface area contributed by atoms with Gasteiger partial charge in [0.25, 0.3) is 0 Å². The van der Waals surface area contributed by atoms with Gasteiger partial charge < -0.3 is 24.3 Å². The van der Waals surface area contributed by atoms with Crippen LogP contribution in [0.2, 0.25) is 0 Å². The normalized spacial score (nSPS) is 29.3.